The van der Waals surface area contributed by atoms with Gasteiger partial charge in [-0.2, -0.15) is 13.2 Å². The van der Waals surface area contributed by atoms with Crippen molar-refractivity contribution in [2.24, 2.45) is 11.8 Å². The molecule has 0 bridgehead atoms. The Balaban J connectivity index is 1.51. The molecule has 6 heteroatoms. The highest BCUT2D eigenvalue weighted by Crippen LogP contribution is 2.33. The standard InChI is InChI=1S/C19H25F3N2O/c1-23(18(25)15-6-7-15)12-14-8-10-24(11-9-14)13-16-4-2-3-5-17(16)19(20,21)22/h2-5,14-15H,6-13H2,1H3. The van der Waals surface area contributed by atoms with E-state index in [1.807, 2.05) is 11.9 Å². The molecule has 0 spiro atoms. The number of hydrogen-bond acceptors (Lipinski definition) is 2. The number of nitrogens with zero attached hydrogens (tertiary/aromatic N) is 2. The van der Waals surface area contributed by atoms with Gasteiger partial charge in [0.15, 0.2) is 0 Å². The lowest BCUT2D eigenvalue weighted by atomic mass is 9.95. The summed E-state index contributed by atoms with van der Waals surface area (Å²) in [5.74, 6) is 0.937. The fourth-order valence-corrected chi connectivity index (χ4v) is 3.62. The van der Waals surface area contributed by atoms with Crippen LogP contribution in [-0.4, -0.2) is 42.4 Å². The van der Waals surface area contributed by atoms with Crippen LogP contribution in [0.25, 0.3) is 0 Å². The summed E-state index contributed by atoms with van der Waals surface area (Å²) in [5, 5.41) is 0. The van der Waals surface area contributed by atoms with Gasteiger partial charge in [-0.3, -0.25) is 9.69 Å². The van der Waals surface area contributed by atoms with E-state index in [0.717, 1.165) is 51.4 Å². The van der Waals surface area contributed by atoms with Crippen LogP contribution in [0.4, 0.5) is 13.2 Å². The van der Waals surface area contributed by atoms with Crippen molar-refractivity contribution < 1.29 is 18.0 Å². The summed E-state index contributed by atoms with van der Waals surface area (Å²) in [6.45, 7) is 2.66. The molecular formula is C19H25F3N2O. The number of carbonyl (C=O) groups is 1. The molecule has 3 rings (SSSR count). The maximum atomic E-state index is 13.1. The Bertz CT molecular complexity index is 605. The van der Waals surface area contributed by atoms with Crippen molar-refractivity contribution in [2.45, 2.75) is 38.4 Å². The Hall–Kier alpha value is -1.56. The fourth-order valence-electron chi connectivity index (χ4n) is 3.62. The molecule has 1 heterocycles. The maximum absolute atomic E-state index is 13.1. The SMILES string of the molecule is CN(CC1CCN(Cc2ccccc2C(F)(F)F)CC1)C(=O)C1CC1. The normalized spacial score (nSPS) is 19.8. The highest BCUT2D eigenvalue weighted by atomic mass is 19.4. The molecule has 2 aliphatic rings. The Morgan fingerprint density at radius 2 is 1.80 bits per heavy atom. The number of halogens is 3. The van der Waals surface area contributed by atoms with E-state index < -0.39 is 11.7 Å². The summed E-state index contributed by atoms with van der Waals surface area (Å²) >= 11 is 0. The van der Waals surface area contributed by atoms with Crippen LogP contribution < -0.4 is 0 Å². The second-order valence-corrected chi connectivity index (χ2v) is 7.37. The Morgan fingerprint density at radius 1 is 1.16 bits per heavy atom. The minimum absolute atomic E-state index is 0.240. The third kappa shape index (κ3) is 4.75. The summed E-state index contributed by atoms with van der Waals surface area (Å²) in [6.07, 6.45) is -0.422. The highest BCUT2D eigenvalue weighted by Gasteiger charge is 2.34. The largest absolute Gasteiger partial charge is 0.416 e. The second-order valence-electron chi connectivity index (χ2n) is 7.37. The van der Waals surface area contributed by atoms with Crippen LogP contribution in [0, 0.1) is 11.8 Å². The van der Waals surface area contributed by atoms with Gasteiger partial charge >= 0.3 is 6.18 Å². The fraction of sp³-hybridized carbons (Fsp3) is 0.632. The lowest BCUT2D eigenvalue weighted by Crippen LogP contribution is -2.39. The smallest absolute Gasteiger partial charge is 0.345 e. The van der Waals surface area contributed by atoms with Crippen LogP contribution in [0.3, 0.4) is 0 Å². The summed E-state index contributed by atoms with van der Waals surface area (Å²) in [4.78, 5) is 16.0. The molecular weight excluding hydrogens is 329 g/mol. The van der Waals surface area contributed by atoms with Gasteiger partial charge in [-0.25, -0.2) is 0 Å². The molecule has 25 heavy (non-hydrogen) atoms. The van der Waals surface area contributed by atoms with Gasteiger partial charge in [0.2, 0.25) is 5.91 Å². The number of amides is 1. The Kier molecular flexibility index (Phi) is 5.37. The lowest BCUT2D eigenvalue weighted by molar-refractivity contribution is -0.138. The Labute approximate surface area is 146 Å². The molecule has 1 aliphatic heterocycles. The minimum atomic E-state index is -4.30. The number of likely N-dealkylation sites (tertiary alicyclic amines) is 1. The van der Waals surface area contributed by atoms with Crippen molar-refractivity contribution in [1.29, 1.82) is 0 Å². The molecule has 1 amide bonds. The number of hydrogen-bond donors (Lipinski definition) is 0. The lowest BCUT2D eigenvalue weighted by Gasteiger charge is -2.34. The zero-order valence-electron chi connectivity index (χ0n) is 14.6. The van der Waals surface area contributed by atoms with E-state index in [1.54, 1.807) is 12.1 Å². The van der Waals surface area contributed by atoms with E-state index >= 15 is 0 Å². The van der Waals surface area contributed by atoms with Crippen LogP contribution in [0.2, 0.25) is 0 Å². The molecule has 0 aromatic heterocycles. The number of benzene rings is 1. The van der Waals surface area contributed by atoms with Gasteiger partial charge in [0, 0.05) is 26.1 Å². The number of alkyl halides is 3. The molecule has 1 aromatic carbocycles. The molecule has 1 aromatic rings. The molecule has 1 saturated carbocycles. The van der Waals surface area contributed by atoms with Crippen LogP contribution in [0.5, 0.6) is 0 Å². The van der Waals surface area contributed by atoms with Gasteiger partial charge in [0.1, 0.15) is 0 Å². The molecule has 138 valence electrons. The first kappa shape index (κ1) is 18.2. The van der Waals surface area contributed by atoms with E-state index in [1.165, 1.54) is 6.07 Å². The molecule has 0 radical (unpaired) electrons. The first-order valence-corrected chi connectivity index (χ1v) is 8.97. The molecule has 1 aliphatic carbocycles. The molecule has 0 N–H and O–H groups in total. The topological polar surface area (TPSA) is 23.6 Å². The second kappa shape index (κ2) is 7.36. The van der Waals surface area contributed by atoms with Crippen molar-refractivity contribution in [3.8, 4) is 0 Å². The zero-order chi connectivity index (χ0) is 18.0. The molecule has 2 fully saturated rings. The van der Waals surface area contributed by atoms with Crippen molar-refractivity contribution in [1.82, 2.24) is 9.80 Å². The predicted octanol–water partition coefficient (Wildman–Crippen LogP) is 3.79. The highest BCUT2D eigenvalue weighted by molar-refractivity contribution is 5.80. The minimum Gasteiger partial charge on any atom is -0.345 e. The van der Waals surface area contributed by atoms with Crippen LogP contribution in [0.15, 0.2) is 24.3 Å². The third-order valence-corrected chi connectivity index (χ3v) is 5.26. The van der Waals surface area contributed by atoms with E-state index in [2.05, 4.69) is 4.90 Å². The molecule has 3 nitrogen and oxygen atoms in total. The zero-order valence-corrected chi connectivity index (χ0v) is 14.6. The van der Waals surface area contributed by atoms with Crippen LogP contribution >= 0.6 is 0 Å². The summed E-state index contributed by atoms with van der Waals surface area (Å²) < 4.78 is 39.3. The number of rotatable bonds is 5. The Morgan fingerprint density at radius 3 is 2.40 bits per heavy atom. The van der Waals surface area contributed by atoms with Crippen LogP contribution in [-0.2, 0) is 17.5 Å². The van der Waals surface area contributed by atoms with Gasteiger partial charge in [0.25, 0.3) is 0 Å². The molecule has 1 saturated heterocycles. The van der Waals surface area contributed by atoms with Crippen molar-refractivity contribution >= 4 is 5.91 Å². The van der Waals surface area contributed by atoms with Gasteiger partial charge in [-0.05, 0) is 56.3 Å². The van der Waals surface area contributed by atoms with Gasteiger partial charge in [-0.15, -0.1) is 0 Å². The summed E-state index contributed by atoms with van der Waals surface area (Å²) in [5.41, 5.74) is -0.193. The van der Waals surface area contributed by atoms with E-state index in [0.29, 0.717) is 18.0 Å². The number of piperidine rings is 1. The summed E-state index contributed by atoms with van der Waals surface area (Å²) in [6, 6.07) is 5.82. The monoisotopic (exact) mass is 354 g/mol. The van der Waals surface area contributed by atoms with Crippen molar-refractivity contribution in [2.75, 3.05) is 26.7 Å². The van der Waals surface area contributed by atoms with E-state index in [9.17, 15) is 18.0 Å². The average Bonchev–Trinajstić information content (AvgIpc) is 3.40. The van der Waals surface area contributed by atoms with Gasteiger partial charge in [-0.1, -0.05) is 18.2 Å². The van der Waals surface area contributed by atoms with Crippen molar-refractivity contribution in [3.05, 3.63) is 35.4 Å². The predicted molar refractivity (Wildman–Crippen MR) is 89.8 cm³/mol. The van der Waals surface area contributed by atoms with E-state index in [4.69, 9.17) is 0 Å². The van der Waals surface area contributed by atoms with Gasteiger partial charge in [0.05, 0.1) is 5.56 Å². The maximum Gasteiger partial charge on any atom is 0.416 e. The van der Waals surface area contributed by atoms with Crippen molar-refractivity contribution in [3.63, 3.8) is 0 Å². The summed E-state index contributed by atoms with van der Waals surface area (Å²) in [7, 11) is 1.87. The average molecular weight is 354 g/mol. The van der Waals surface area contributed by atoms with Gasteiger partial charge < -0.3 is 4.90 Å². The van der Waals surface area contributed by atoms with Crippen LogP contribution in [0.1, 0.15) is 36.8 Å². The molecule has 0 unspecified atom stereocenters. The first-order chi connectivity index (χ1) is 11.8. The molecule has 0 atom stereocenters. The first-order valence-electron chi connectivity index (χ1n) is 8.97. The number of carbonyl (C=O) groups excluding carboxylic acids is 1. The van der Waals surface area contributed by atoms with E-state index in [-0.39, 0.29) is 11.8 Å². The quantitative estimate of drug-likeness (QED) is 0.803. The third-order valence-electron chi connectivity index (χ3n) is 5.26.